The minimum absolute atomic E-state index is 0.243. The fraction of sp³-hybridized carbons (Fsp3) is 0.154. The lowest BCUT2D eigenvalue weighted by atomic mass is 10.2. The van der Waals surface area contributed by atoms with Gasteiger partial charge in [-0.05, 0) is 25.1 Å². The third kappa shape index (κ3) is 3.58. The van der Waals surface area contributed by atoms with Crippen molar-refractivity contribution in [2.75, 3.05) is 11.9 Å². The van der Waals surface area contributed by atoms with E-state index in [1.54, 1.807) is 31.2 Å². The second-order valence-electron chi connectivity index (χ2n) is 4.06. The van der Waals surface area contributed by atoms with Gasteiger partial charge in [0.25, 0.3) is 11.8 Å². The minimum Gasteiger partial charge on any atom is -0.484 e. The first-order chi connectivity index (χ1) is 9.54. The summed E-state index contributed by atoms with van der Waals surface area (Å²) in [6.07, 6.45) is 0. The van der Waals surface area contributed by atoms with Crippen LogP contribution in [0.5, 0.6) is 5.75 Å². The van der Waals surface area contributed by atoms with E-state index in [-0.39, 0.29) is 12.5 Å². The van der Waals surface area contributed by atoms with Gasteiger partial charge >= 0.3 is 0 Å². The third-order valence-corrected chi connectivity index (χ3v) is 2.35. The van der Waals surface area contributed by atoms with Gasteiger partial charge in [-0.1, -0.05) is 11.2 Å². The highest BCUT2D eigenvalue weighted by Gasteiger charge is 2.10. The van der Waals surface area contributed by atoms with Gasteiger partial charge in [0.1, 0.15) is 11.5 Å². The number of ether oxygens (including phenoxy) is 1. The predicted molar refractivity (Wildman–Crippen MR) is 70.3 cm³/mol. The number of rotatable bonds is 5. The molecule has 0 aliphatic heterocycles. The van der Waals surface area contributed by atoms with Crippen molar-refractivity contribution >= 4 is 17.6 Å². The Balaban J connectivity index is 2.06. The van der Waals surface area contributed by atoms with Crippen molar-refractivity contribution < 1.29 is 18.8 Å². The second kappa shape index (κ2) is 5.87. The van der Waals surface area contributed by atoms with E-state index < -0.39 is 5.91 Å². The largest absolute Gasteiger partial charge is 0.484 e. The van der Waals surface area contributed by atoms with Gasteiger partial charge in [0.15, 0.2) is 12.4 Å². The van der Waals surface area contributed by atoms with Gasteiger partial charge in [0.05, 0.1) is 0 Å². The SMILES string of the molecule is Cc1cc(NC(=O)c2cccc(OCC(N)=O)c2)no1. The number of benzene rings is 1. The van der Waals surface area contributed by atoms with Crippen LogP contribution in [0.4, 0.5) is 5.82 Å². The molecule has 7 nitrogen and oxygen atoms in total. The smallest absolute Gasteiger partial charge is 0.257 e. The average Bonchev–Trinajstić information content (AvgIpc) is 2.82. The topological polar surface area (TPSA) is 107 Å². The summed E-state index contributed by atoms with van der Waals surface area (Å²) in [5.41, 5.74) is 5.35. The van der Waals surface area contributed by atoms with Crippen molar-refractivity contribution in [1.29, 1.82) is 0 Å². The van der Waals surface area contributed by atoms with E-state index in [4.69, 9.17) is 15.0 Å². The standard InChI is InChI=1S/C13H13N3O4/c1-8-5-12(16-20-8)15-13(18)9-3-2-4-10(6-9)19-7-11(14)17/h2-6H,7H2,1H3,(H2,14,17)(H,15,16,18). The quantitative estimate of drug-likeness (QED) is 0.849. The van der Waals surface area contributed by atoms with Crippen molar-refractivity contribution in [3.63, 3.8) is 0 Å². The van der Waals surface area contributed by atoms with E-state index in [0.29, 0.717) is 22.9 Å². The Morgan fingerprint density at radius 3 is 2.85 bits per heavy atom. The summed E-state index contributed by atoms with van der Waals surface area (Å²) in [7, 11) is 0. The molecule has 7 heteroatoms. The first kappa shape index (κ1) is 13.6. The highest BCUT2D eigenvalue weighted by Crippen LogP contribution is 2.15. The summed E-state index contributed by atoms with van der Waals surface area (Å²) in [4.78, 5) is 22.6. The molecule has 2 amide bonds. The molecule has 0 atom stereocenters. The van der Waals surface area contributed by atoms with E-state index in [2.05, 4.69) is 10.5 Å². The van der Waals surface area contributed by atoms with E-state index in [1.807, 2.05) is 0 Å². The maximum atomic E-state index is 12.0. The van der Waals surface area contributed by atoms with Crippen molar-refractivity contribution in [2.45, 2.75) is 6.92 Å². The van der Waals surface area contributed by atoms with E-state index >= 15 is 0 Å². The number of aromatic nitrogens is 1. The summed E-state index contributed by atoms with van der Waals surface area (Å²) in [6.45, 7) is 1.48. The molecule has 1 heterocycles. The minimum atomic E-state index is -0.585. The lowest BCUT2D eigenvalue weighted by Crippen LogP contribution is -2.20. The highest BCUT2D eigenvalue weighted by molar-refractivity contribution is 6.03. The number of hydrogen-bond donors (Lipinski definition) is 2. The number of anilines is 1. The highest BCUT2D eigenvalue weighted by atomic mass is 16.5. The van der Waals surface area contributed by atoms with Crippen molar-refractivity contribution in [2.24, 2.45) is 5.73 Å². The fourth-order valence-corrected chi connectivity index (χ4v) is 1.50. The molecule has 0 radical (unpaired) electrons. The molecule has 0 aliphatic rings. The zero-order valence-corrected chi connectivity index (χ0v) is 10.8. The molecule has 104 valence electrons. The molecule has 2 rings (SSSR count). The number of amides is 2. The van der Waals surface area contributed by atoms with Crippen molar-refractivity contribution in [3.8, 4) is 5.75 Å². The number of carbonyl (C=O) groups is 2. The molecule has 0 saturated carbocycles. The normalized spacial score (nSPS) is 10.1. The number of nitrogens with one attached hydrogen (secondary N) is 1. The average molecular weight is 275 g/mol. The van der Waals surface area contributed by atoms with Crippen LogP contribution in [0.15, 0.2) is 34.9 Å². The van der Waals surface area contributed by atoms with Crippen LogP contribution >= 0.6 is 0 Å². The molecule has 0 fully saturated rings. The maximum Gasteiger partial charge on any atom is 0.257 e. The summed E-state index contributed by atoms with van der Waals surface area (Å²) < 4.78 is 9.97. The molecule has 0 bridgehead atoms. The number of nitrogens with two attached hydrogens (primary N) is 1. The Labute approximate surface area is 114 Å². The lowest BCUT2D eigenvalue weighted by molar-refractivity contribution is -0.119. The maximum absolute atomic E-state index is 12.0. The number of aryl methyl sites for hydroxylation is 1. The Hall–Kier alpha value is -2.83. The van der Waals surface area contributed by atoms with E-state index in [9.17, 15) is 9.59 Å². The first-order valence-corrected chi connectivity index (χ1v) is 5.80. The molecule has 0 spiro atoms. The monoisotopic (exact) mass is 275 g/mol. The van der Waals surface area contributed by atoms with Gasteiger partial charge < -0.3 is 20.3 Å². The molecule has 1 aromatic carbocycles. The van der Waals surface area contributed by atoms with Crippen LogP contribution < -0.4 is 15.8 Å². The molecule has 1 aromatic heterocycles. The van der Waals surface area contributed by atoms with Crippen molar-refractivity contribution in [1.82, 2.24) is 5.16 Å². The Morgan fingerprint density at radius 1 is 1.40 bits per heavy atom. The van der Waals surface area contributed by atoms with Crippen LogP contribution in [-0.2, 0) is 4.79 Å². The van der Waals surface area contributed by atoms with Gasteiger partial charge in [-0.25, -0.2) is 0 Å². The van der Waals surface area contributed by atoms with Gasteiger partial charge in [0.2, 0.25) is 0 Å². The zero-order valence-electron chi connectivity index (χ0n) is 10.8. The predicted octanol–water partition coefficient (Wildman–Crippen LogP) is 1.10. The fourth-order valence-electron chi connectivity index (χ4n) is 1.50. The van der Waals surface area contributed by atoms with Gasteiger partial charge in [-0.2, -0.15) is 0 Å². The molecule has 20 heavy (non-hydrogen) atoms. The molecular weight excluding hydrogens is 262 g/mol. The van der Waals surface area contributed by atoms with Crippen LogP contribution in [0.3, 0.4) is 0 Å². The van der Waals surface area contributed by atoms with Gasteiger partial charge in [0, 0.05) is 11.6 Å². The number of primary amides is 1. The molecule has 0 aliphatic carbocycles. The molecule has 2 aromatic rings. The van der Waals surface area contributed by atoms with Crippen LogP contribution in [0.25, 0.3) is 0 Å². The molecule has 3 N–H and O–H groups in total. The Kier molecular flexibility index (Phi) is 3.99. The number of hydrogen-bond acceptors (Lipinski definition) is 5. The van der Waals surface area contributed by atoms with Crippen LogP contribution in [0, 0.1) is 6.92 Å². The summed E-state index contributed by atoms with van der Waals surface area (Å²) in [5, 5.41) is 6.24. The summed E-state index contributed by atoms with van der Waals surface area (Å²) in [5.74, 6) is 0.364. The summed E-state index contributed by atoms with van der Waals surface area (Å²) in [6, 6.07) is 7.98. The lowest BCUT2D eigenvalue weighted by Gasteiger charge is -2.06. The molecular formula is C13H13N3O4. The van der Waals surface area contributed by atoms with Gasteiger partial charge in [-0.15, -0.1) is 0 Å². The molecule has 0 saturated heterocycles. The third-order valence-electron chi connectivity index (χ3n) is 2.35. The van der Waals surface area contributed by atoms with Crippen LogP contribution in [-0.4, -0.2) is 23.6 Å². The van der Waals surface area contributed by atoms with Crippen LogP contribution in [0.2, 0.25) is 0 Å². The second-order valence-corrected chi connectivity index (χ2v) is 4.06. The molecule has 0 unspecified atom stereocenters. The number of nitrogens with zero attached hydrogens (tertiary/aromatic N) is 1. The number of carbonyl (C=O) groups excluding carboxylic acids is 2. The Bertz CT molecular complexity index is 636. The van der Waals surface area contributed by atoms with Crippen LogP contribution in [0.1, 0.15) is 16.1 Å². The van der Waals surface area contributed by atoms with Crippen molar-refractivity contribution in [3.05, 3.63) is 41.7 Å². The summed E-state index contributed by atoms with van der Waals surface area (Å²) >= 11 is 0. The van der Waals surface area contributed by atoms with Gasteiger partial charge in [-0.3, -0.25) is 9.59 Å². The Morgan fingerprint density at radius 2 is 2.20 bits per heavy atom. The first-order valence-electron chi connectivity index (χ1n) is 5.80. The van der Waals surface area contributed by atoms with E-state index in [1.165, 1.54) is 6.07 Å². The van der Waals surface area contributed by atoms with E-state index in [0.717, 1.165) is 0 Å². The zero-order chi connectivity index (χ0) is 14.5.